The first-order valence-corrected chi connectivity index (χ1v) is 12.9. The smallest absolute Gasteiger partial charge is 0.253 e. The lowest BCUT2D eigenvalue weighted by molar-refractivity contribution is 0.0746. The Morgan fingerprint density at radius 1 is 0.971 bits per heavy atom. The number of hydrogen-bond donors (Lipinski definition) is 1. The van der Waals surface area contributed by atoms with E-state index < -0.39 is 0 Å². The maximum absolute atomic E-state index is 12.9. The molecule has 0 saturated carbocycles. The minimum absolute atomic E-state index is 0.0988. The van der Waals surface area contributed by atoms with E-state index in [0.29, 0.717) is 13.1 Å². The van der Waals surface area contributed by atoms with E-state index in [-0.39, 0.29) is 11.4 Å². The van der Waals surface area contributed by atoms with Crippen molar-refractivity contribution in [2.75, 3.05) is 36.4 Å². The number of nitrogens with one attached hydrogen (secondary N) is 1. The summed E-state index contributed by atoms with van der Waals surface area (Å²) in [5, 5.41) is 9.52. The zero-order valence-corrected chi connectivity index (χ0v) is 21.8. The number of rotatable bonds is 4. The van der Waals surface area contributed by atoms with Crippen LogP contribution in [-0.4, -0.2) is 57.1 Å². The van der Waals surface area contributed by atoms with E-state index >= 15 is 0 Å². The van der Waals surface area contributed by atoms with Crippen molar-refractivity contribution in [1.82, 2.24) is 19.5 Å². The summed E-state index contributed by atoms with van der Waals surface area (Å²) in [6.45, 7) is 13.4. The predicted octanol–water partition coefficient (Wildman–Crippen LogP) is 5.25. The van der Waals surface area contributed by atoms with Crippen LogP contribution in [0.5, 0.6) is 0 Å². The van der Waals surface area contributed by atoms with Gasteiger partial charge < -0.3 is 15.1 Å². The molecule has 1 aliphatic rings. The monoisotopic (exact) mass is 488 g/mol. The second-order valence-corrected chi connectivity index (χ2v) is 11.2. The van der Waals surface area contributed by atoms with Gasteiger partial charge in [0, 0.05) is 42.8 Å². The van der Waals surface area contributed by atoms with Crippen molar-refractivity contribution in [2.24, 2.45) is 0 Å². The summed E-state index contributed by atoms with van der Waals surface area (Å²) in [4.78, 5) is 23.0. The molecule has 0 bridgehead atoms. The molecule has 182 valence electrons. The van der Waals surface area contributed by atoms with E-state index in [9.17, 15) is 4.79 Å². The molecule has 1 amide bonds. The van der Waals surface area contributed by atoms with Gasteiger partial charge in [0.25, 0.3) is 5.91 Å². The Morgan fingerprint density at radius 2 is 1.66 bits per heavy atom. The van der Waals surface area contributed by atoms with Crippen molar-refractivity contribution in [3.8, 4) is 11.3 Å². The number of aromatic nitrogens is 3. The quantitative estimate of drug-likeness (QED) is 0.425. The molecule has 1 N–H and O–H groups in total. The maximum Gasteiger partial charge on any atom is 0.253 e. The number of carbonyl (C=O) groups excluding carboxylic acids is 1. The molecule has 1 saturated heterocycles. The number of fused-ring (bicyclic) bond motifs is 1. The van der Waals surface area contributed by atoms with Crippen molar-refractivity contribution in [3.63, 3.8) is 0 Å². The van der Waals surface area contributed by atoms with Crippen molar-refractivity contribution in [3.05, 3.63) is 65.2 Å². The largest absolute Gasteiger partial charge is 0.364 e. The van der Waals surface area contributed by atoms with Crippen LogP contribution >= 0.6 is 11.3 Å². The van der Waals surface area contributed by atoms with Crippen LogP contribution in [0.3, 0.4) is 0 Å². The first kappa shape index (κ1) is 23.4. The van der Waals surface area contributed by atoms with Gasteiger partial charge in [-0.3, -0.25) is 4.79 Å². The lowest BCUT2D eigenvalue weighted by Gasteiger charge is -2.34. The van der Waals surface area contributed by atoms with E-state index in [1.165, 1.54) is 5.56 Å². The second kappa shape index (κ2) is 9.00. The van der Waals surface area contributed by atoms with Gasteiger partial charge in [-0.25, -0.2) is 4.98 Å². The van der Waals surface area contributed by atoms with Gasteiger partial charge in [-0.05, 0) is 52.8 Å². The number of hydrogen-bond acceptors (Lipinski definition) is 6. The molecule has 1 fully saturated rings. The van der Waals surface area contributed by atoms with Crippen molar-refractivity contribution < 1.29 is 4.79 Å². The zero-order chi connectivity index (χ0) is 24.7. The summed E-state index contributed by atoms with van der Waals surface area (Å²) in [5.74, 6) is 1.01. The summed E-state index contributed by atoms with van der Waals surface area (Å²) in [7, 11) is 0. The molecule has 2 aromatic carbocycles. The van der Waals surface area contributed by atoms with E-state index in [2.05, 4.69) is 62.2 Å². The molecule has 0 radical (unpaired) electrons. The van der Waals surface area contributed by atoms with Crippen LogP contribution in [0.2, 0.25) is 0 Å². The first-order valence-electron chi connectivity index (χ1n) is 12.0. The van der Waals surface area contributed by atoms with Crippen LogP contribution in [0, 0.1) is 13.8 Å². The van der Waals surface area contributed by atoms with Crippen molar-refractivity contribution in [2.45, 2.75) is 40.2 Å². The number of aryl methyl sites for hydroxylation is 2. The Morgan fingerprint density at radius 3 is 2.31 bits per heavy atom. The topological polar surface area (TPSA) is 65.8 Å². The van der Waals surface area contributed by atoms with E-state index in [1.807, 2.05) is 40.6 Å². The van der Waals surface area contributed by atoms with Gasteiger partial charge in [0.2, 0.25) is 10.1 Å². The van der Waals surface area contributed by atoms with Gasteiger partial charge in [-0.15, -0.1) is 5.10 Å². The summed E-state index contributed by atoms with van der Waals surface area (Å²) in [5.41, 5.74) is 4.92. The third-order valence-electron chi connectivity index (χ3n) is 6.08. The van der Waals surface area contributed by atoms with Gasteiger partial charge in [-0.2, -0.15) is 4.52 Å². The van der Waals surface area contributed by atoms with Crippen LogP contribution in [0.4, 0.5) is 10.9 Å². The van der Waals surface area contributed by atoms with E-state index in [4.69, 9.17) is 10.1 Å². The highest BCUT2D eigenvalue weighted by molar-refractivity contribution is 7.20. The fourth-order valence-corrected chi connectivity index (χ4v) is 5.34. The zero-order valence-electron chi connectivity index (χ0n) is 21.0. The van der Waals surface area contributed by atoms with E-state index in [0.717, 1.165) is 51.4 Å². The molecule has 0 atom stereocenters. The summed E-state index contributed by atoms with van der Waals surface area (Å²) < 4.78 is 1.94. The average Bonchev–Trinajstić information content (AvgIpc) is 3.37. The average molecular weight is 489 g/mol. The van der Waals surface area contributed by atoms with Crippen molar-refractivity contribution >= 4 is 33.2 Å². The summed E-state index contributed by atoms with van der Waals surface area (Å²) >= 11 is 1.59. The molecule has 8 heteroatoms. The van der Waals surface area contributed by atoms with Crippen molar-refractivity contribution in [1.29, 1.82) is 0 Å². The number of benzene rings is 2. The van der Waals surface area contributed by atoms with Crippen LogP contribution in [0.1, 0.15) is 42.3 Å². The number of anilines is 2. The first-order chi connectivity index (χ1) is 16.7. The number of nitrogens with zero attached hydrogens (tertiary/aromatic N) is 5. The molecule has 7 nitrogen and oxygen atoms in total. The van der Waals surface area contributed by atoms with Crippen LogP contribution in [0.15, 0.2) is 48.5 Å². The lowest BCUT2D eigenvalue weighted by Crippen LogP contribution is -2.48. The second-order valence-electron chi connectivity index (χ2n) is 10.3. The standard InChI is InChI=1S/C27H32N6OS/c1-18-8-6-10-20(16-18)22-23(29-27(3,4)5)33-25(28-22)35-26(30-33)32-14-12-31(13-15-32)24(34)21-11-7-9-19(2)17-21/h6-11,16-17,29H,12-15H2,1-5H3. The SMILES string of the molecule is Cc1cccc(C(=O)N2CCN(c3nn4c(NC(C)(C)C)c(-c5cccc(C)c5)nc4s3)CC2)c1. The lowest BCUT2D eigenvalue weighted by atomic mass is 10.1. The molecule has 35 heavy (non-hydrogen) atoms. The van der Waals surface area contributed by atoms with Gasteiger partial charge in [0.05, 0.1) is 0 Å². The number of amides is 1. The fraction of sp³-hybridized carbons (Fsp3) is 0.370. The number of imidazole rings is 1. The molecule has 0 aliphatic carbocycles. The Bertz CT molecular complexity index is 1370. The highest BCUT2D eigenvalue weighted by Crippen LogP contribution is 2.35. The molecule has 3 heterocycles. The van der Waals surface area contributed by atoms with Gasteiger partial charge >= 0.3 is 0 Å². The summed E-state index contributed by atoms with van der Waals surface area (Å²) in [6, 6.07) is 16.2. The normalized spacial score (nSPS) is 14.5. The number of piperazine rings is 1. The van der Waals surface area contributed by atoms with Crippen LogP contribution < -0.4 is 10.2 Å². The minimum atomic E-state index is -0.139. The molecule has 2 aromatic heterocycles. The molecule has 4 aromatic rings. The van der Waals surface area contributed by atoms with E-state index in [1.54, 1.807) is 11.3 Å². The predicted molar refractivity (Wildman–Crippen MR) is 144 cm³/mol. The van der Waals surface area contributed by atoms with Gasteiger partial charge in [-0.1, -0.05) is 52.8 Å². The Labute approximate surface area is 210 Å². The van der Waals surface area contributed by atoms with Gasteiger partial charge in [0.15, 0.2) is 5.82 Å². The molecular formula is C27H32N6OS. The van der Waals surface area contributed by atoms with Crippen LogP contribution in [0.25, 0.3) is 16.2 Å². The molecule has 5 rings (SSSR count). The van der Waals surface area contributed by atoms with Gasteiger partial charge in [0.1, 0.15) is 5.69 Å². The Hall–Kier alpha value is -3.39. The Balaban J connectivity index is 1.39. The molecule has 0 unspecified atom stereocenters. The summed E-state index contributed by atoms with van der Waals surface area (Å²) in [6.07, 6.45) is 0. The fourth-order valence-electron chi connectivity index (χ4n) is 4.39. The highest BCUT2D eigenvalue weighted by Gasteiger charge is 2.27. The third-order valence-corrected chi connectivity index (χ3v) is 7.05. The molecule has 0 spiro atoms. The maximum atomic E-state index is 12.9. The molecular weight excluding hydrogens is 456 g/mol. The highest BCUT2D eigenvalue weighted by atomic mass is 32.1. The van der Waals surface area contributed by atoms with Crippen LogP contribution in [-0.2, 0) is 0 Å². The molecule has 1 aliphatic heterocycles. The Kier molecular flexibility index (Phi) is 6.01. The minimum Gasteiger partial charge on any atom is -0.364 e. The number of carbonyl (C=O) groups is 1. The third kappa shape index (κ3) is 4.89.